The van der Waals surface area contributed by atoms with E-state index in [9.17, 15) is 8.42 Å². The number of nitriles is 1. The highest BCUT2D eigenvalue weighted by atomic mass is 32.2. The minimum atomic E-state index is -3.45. The second kappa shape index (κ2) is 6.80. The average Bonchev–Trinajstić information content (AvgIpc) is 3.32. The fraction of sp³-hybridized carbons (Fsp3) is 0.300. The van der Waals surface area contributed by atoms with Crippen LogP contribution in [-0.2, 0) is 23.5 Å². The number of aromatic nitrogens is 2. The topological polar surface area (TPSA) is 79.0 Å². The molecule has 6 nitrogen and oxygen atoms in total. The van der Waals surface area contributed by atoms with Crippen LogP contribution in [-0.4, -0.2) is 35.4 Å². The first-order valence-electron chi connectivity index (χ1n) is 8.93. The summed E-state index contributed by atoms with van der Waals surface area (Å²) in [5.41, 5.74) is 3.26. The summed E-state index contributed by atoms with van der Waals surface area (Å²) in [5, 5.41) is 8.91. The van der Waals surface area contributed by atoms with Crippen molar-refractivity contribution in [1.29, 1.82) is 5.26 Å². The standard InChI is InChI=1S/C20H20N4O2S/c1-23-19-9-8-17(27(25,26)24-10-2-3-11-24)13-18(19)22-20(23)12-15-4-6-16(14-21)7-5-15/h4-9,13H,2-3,10-12H2,1H3. The fourth-order valence-electron chi connectivity index (χ4n) is 3.51. The van der Waals surface area contributed by atoms with Gasteiger partial charge in [-0.3, -0.25) is 0 Å². The maximum absolute atomic E-state index is 12.8. The van der Waals surface area contributed by atoms with Gasteiger partial charge < -0.3 is 4.57 Å². The lowest BCUT2D eigenvalue weighted by molar-refractivity contribution is 0.477. The second-order valence-corrected chi connectivity index (χ2v) is 8.77. The number of sulfonamides is 1. The van der Waals surface area contributed by atoms with Gasteiger partial charge in [-0.1, -0.05) is 12.1 Å². The molecule has 1 aromatic heterocycles. The van der Waals surface area contributed by atoms with Crippen molar-refractivity contribution in [2.75, 3.05) is 13.1 Å². The van der Waals surface area contributed by atoms with Crippen molar-refractivity contribution < 1.29 is 8.42 Å². The molecule has 0 saturated carbocycles. The SMILES string of the molecule is Cn1c(Cc2ccc(C#N)cc2)nc2cc(S(=O)(=O)N3CCCC3)ccc21. The second-order valence-electron chi connectivity index (χ2n) is 6.83. The van der Waals surface area contributed by atoms with Gasteiger partial charge in [0.05, 0.1) is 27.6 Å². The molecule has 1 saturated heterocycles. The highest BCUT2D eigenvalue weighted by molar-refractivity contribution is 7.89. The molecule has 0 spiro atoms. The molecule has 1 fully saturated rings. The van der Waals surface area contributed by atoms with Gasteiger partial charge in [0.1, 0.15) is 5.82 Å². The quantitative estimate of drug-likeness (QED) is 0.697. The monoisotopic (exact) mass is 380 g/mol. The van der Waals surface area contributed by atoms with Crippen LogP contribution in [0.1, 0.15) is 29.8 Å². The number of benzene rings is 2. The van der Waals surface area contributed by atoms with Crippen molar-refractivity contribution in [2.24, 2.45) is 7.05 Å². The molecule has 0 amide bonds. The number of hydrogen-bond donors (Lipinski definition) is 0. The molecule has 2 heterocycles. The fourth-order valence-corrected chi connectivity index (χ4v) is 5.04. The Hall–Kier alpha value is -2.69. The van der Waals surface area contributed by atoms with Gasteiger partial charge in [-0.2, -0.15) is 9.57 Å². The highest BCUT2D eigenvalue weighted by Crippen LogP contribution is 2.25. The highest BCUT2D eigenvalue weighted by Gasteiger charge is 2.27. The Labute approximate surface area is 158 Å². The first kappa shape index (κ1) is 17.7. The van der Waals surface area contributed by atoms with Crippen LogP contribution in [0.2, 0.25) is 0 Å². The van der Waals surface area contributed by atoms with Crippen molar-refractivity contribution in [2.45, 2.75) is 24.2 Å². The zero-order valence-corrected chi connectivity index (χ0v) is 15.9. The molecule has 138 valence electrons. The zero-order valence-electron chi connectivity index (χ0n) is 15.1. The molecule has 27 heavy (non-hydrogen) atoms. The predicted octanol–water partition coefficient (Wildman–Crippen LogP) is 2.82. The summed E-state index contributed by atoms with van der Waals surface area (Å²) in [6, 6.07) is 14.7. The molecular formula is C20H20N4O2S. The van der Waals surface area contributed by atoms with Crippen LogP contribution in [0.15, 0.2) is 47.4 Å². The van der Waals surface area contributed by atoms with Crippen molar-refractivity contribution in [3.8, 4) is 6.07 Å². The molecule has 0 unspecified atom stereocenters. The third-order valence-corrected chi connectivity index (χ3v) is 6.99. The Kier molecular flexibility index (Phi) is 4.46. The summed E-state index contributed by atoms with van der Waals surface area (Å²) in [6.07, 6.45) is 2.45. The van der Waals surface area contributed by atoms with E-state index in [1.807, 2.05) is 29.8 Å². The summed E-state index contributed by atoms with van der Waals surface area (Å²) in [5.74, 6) is 0.852. The van der Waals surface area contributed by atoms with E-state index >= 15 is 0 Å². The van der Waals surface area contributed by atoms with E-state index in [2.05, 4.69) is 11.1 Å². The summed E-state index contributed by atoms with van der Waals surface area (Å²) < 4.78 is 29.1. The van der Waals surface area contributed by atoms with E-state index in [1.54, 1.807) is 28.6 Å². The maximum atomic E-state index is 12.8. The lowest BCUT2D eigenvalue weighted by atomic mass is 10.1. The van der Waals surface area contributed by atoms with E-state index in [1.165, 1.54) is 0 Å². The lowest BCUT2D eigenvalue weighted by Gasteiger charge is -2.15. The molecule has 1 aliphatic heterocycles. The molecule has 7 heteroatoms. The molecular weight excluding hydrogens is 360 g/mol. The van der Waals surface area contributed by atoms with Crippen LogP contribution in [0.25, 0.3) is 11.0 Å². The van der Waals surface area contributed by atoms with E-state index in [4.69, 9.17) is 5.26 Å². The smallest absolute Gasteiger partial charge is 0.243 e. The molecule has 4 rings (SSSR count). The first-order chi connectivity index (χ1) is 13.0. The van der Waals surface area contributed by atoms with Crippen LogP contribution in [0.3, 0.4) is 0 Å². The number of rotatable bonds is 4. The van der Waals surface area contributed by atoms with Gasteiger partial charge in [0.15, 0.2) is 0 Å². The third-order valence-electron chi connectivity index (χ3n) is 5.09. The Bertz CT molecular complexity index is 1140. The van der Waals surface area contributed by atoms with Crippen LogP contribution < -0.4 is 0 Å². The van der Waals surface area contributed by atoms with E-state index < -0.39 is 10.0 Å². The minimum Gasteiger partial charge on any atom is -0.331 e. The molecule has 1 aliphatic rings. The van der Waals surface area contributed by atoms with E-state index in [-0.39, 0.29) is 0 Å². The molecule has 0 N–H and O–H groups in total. The van der Waals surface area contributed by atoms with Gasteiger partial charge in [0.2, 0.25) is 10.0 Å². The van der Waals surface area contributed by atoms with Gasteiger partial charge in [0.25, 0.3) is 0 Å². The number of nitrogens with zero attached hydrogens (tertiary/aromatic N) is 4. The number of fused-ring (bicyclic) bond motifs is 1. The van der Waals surface area contributed by atoms with Crippen LogP contribution in [0.5, 0.6) is 0 Å². The summed E-state index contributed by atoms with van der Waals surface area (Å²) in [4.78, 5) is 4.97. The summed E-state index contributed by atoms with van der Waals surface area (Å²) in [6.45, 7) is 1.18. The van der Waals surface area contributed by atoms with Gasteiger partial charge >= 0.3 is 0 Å². The molecule has 0 bridgehead atoms. The number of aryl methyl sites for hydroxylation is 1. The largest absolute Gasteiger partial charge is 0.331 e. The maximum Gasteiger partial charge on any atom is 0.243 e. The molecule has 3 aromatic rings. The third kappa shape index (κ3) is 3.22. The van der Waals surface area contributed by atoms with E-state index in [0.717, 1.165) is 29.7 Å². The Morgan fingerprint density at radius 3 is 2.48 bits per heavy atom. The molecule has 2 aromatic carbocycles. The van der Waals surface area contributed by atoms with Crippen molar-refractivity contribution in [3.63, 3.8) is 0 Å². The Morgan fingerprint density at radius 1 is 1.11 bits per heavy atom. The van der Waals surface area contributed by atoms with Crippen molar-refractivity contribution >= 4 is 21.1 Å². The minimum absolute atomic E-state index is 0.305. The van der Waals surface area contributed by atoms with Crippen LogP contribution >= 0.6 is 0 Å². The van der Waals surface area contributed by atoms with Crippen molar-refractivity contribution in [1.82, 2.24) is 13.9 Å². The average molecular weight is 380 g/mol. The van der Waals surface area contributed by atoms with Gasteiger partial charge in [0, 0.05) is 26.6 Å². The summed E-state index contributed by atoms with van der Waals surface area (Å²) in [7, 11) is -1.51. The van der Waals surface area contributed by atoms with Crippen molar-refractivity contribution in [3.05, 3.63) is 59.4 Å². The number of hydrogen-bond acceptors (Lipinski definition) is 4. The normalized spacial score (nSPS) is 15.3. The predicted molar refractivity (Wildman–Crippen MR) is 103 cm³/mol. The van der Waals surface area contributed by atoms with E-state index in [0.29, 0.717) is 35.5 Å². The molecule has 0 aliphatic carbocycles. The Balaban J connectivity index is 1.68. The van der Waals surface area contributed by atoms with Gasteiger partial charge in [-0.25, -0.2) is 13.4 Å². The molecule has 0 radical (unpaired) electrons. The van der Waals surface area contributed by atoms with Gasteiger partial charge in [-0.05, 0) is 48.7 Å². The first-order valence-corrected chi connectivity index (χ1v) is 10.4. The van der Waals surface area contributed by atoms with Crippen LogP contribution in [0.4, 0.5) is 0 Å². The molecule has 0 atom stereocenters. The van der Waals surface area contributed by atoms with Crippen LogP contribution in [0, 0.1) is 11.3 Å². The van der Waals surface area contributed by atoms with Gasteiger partial charge in [-0.15, -0.1) is 0 Å². The Morgan fingerprint density at radius 2 is 1.81 bits per heavy atom. The lowest BCUT2D eigenvalue weighted by Crippen LogP contribution is -2.27. The number of imidazole rings is 1. The zero-order chi connectivity index (χ0) is 19.0. The summed E-state index contributed by atoms with van der Waals surface area (Å²) >= 11 is 0.